The van der Waals surface area contributed by atoms with Crippen LogP contribution in [0.4, 0.5) is 13.2 Å². The smallest absolute Gasteiger partial charge is 0.471 e. The Labute approximate surface area is 165 Å². The van der Waals surface area contributed by atoms with E-state index in [4.69, 9.17) is 4.74 Å². The zero-order valence-electron chi connectivity index (χ0n) is 15.5. The molecule has 0 saturated carbocycles. The van der Waals surface area contributed by atoms with Crippen LogP contribution in [0.5, 0.6) is 5.75 Å². The van der Waals surface area contributed by atoms with E-state index >= 15 is 0 Å². The Bertz CT molecular complexity index is 1000. The van der Waals surface area contributed by atoms with Crippen LogP contribution in [0.15, 0.2) is 52.3 Å². The lowest BCUT2D eigenvalue weighted by molar-refractivity contribution is -0.174. The molecule has 6 nitrogen and oxygen atoms in total. The first-order valence-corrected chi connectivity index (χ1v) is 9.82. The van der Waals surface area contributed by atoms with Crippen LogP contribution in [0.2, 0.25) is 0 Å². The van der Waals surface area contributed by atoms with E-state index in [2.05, 4.69) is 0 Å². The minimum absolute atomic E-state index is 0.0584. The van der Waals surface area contributed by atoms with Crippen LogP contribution in [0.3, 0.4) is 0 Å². The lowest BCUT2D eigenvalue weighted by Gasteiger charge is -2.15. The standard InChI is InChI=1S/C19H18F3NO5S/c1-12(23-18(25)19(20,21)22)9-13-3-6-16(7-4-13)29(26,27)17-8-5-15(28-2)10-14(17)11-24/h3-8,10-12H,9H2,1-2H3,(H,23,25). The number of nitrogens with one attached hydrogen (secondary N) is 1. The van der Waals surface area contributed by atoms with Crippen molar-refractivity contribution in [2.75, 3.05) is 7.11 Å². The summed E-state index contributed by atoms with van der Waals surface area (Å²) in [5, 5.41) is 1.83. The van der Waals surface area contributed by atoms with Crippen molar-refractivity contribution in [2.45, 2.75) is 35.4 Å². The van der Waals surface area contributed by atoms with Crippen LogP contribution < -0.4 is 10.1 Å². The molecule has 0 bridgehead atoms. The Kier molecular flexibility index (Phi) is 6.68. The normalized spacial score (nSPS) is 12.9. The lowest BCUT2D eigenvalue weighted by Crippen LogP contribution is -2.42. The van der Waals surface area contributed by atoms with Crippen molar-refractivity contribution in [1.82, 2.24) is 5.32 Å². The maximum atomic E-state index is 12.8. The van der Waals surface area contributed by atoms with Gasteiger partial charge in [-0.15, -0.1) is 0 Å². The molecule has 29 heavy (non-hydrogen) atoms. The van der Waals surface area contributed by atoms with E-state index in [-0.39, 0.29) is 21.8 Å². The molecule has 1 amide bonds. The van der Waals surface area contributed by atoms with E-state index < -0.39 is 28.0 Å². The van der Waals surface area contributed by atoms with Crippen molar-refractivity contribution >= 4 is 22.0 Å². The van der Waals surface area contributed by atoms with Gasteiger partial charge in [0.25, 0.3) is 0 Å². The summed E-state index contributed by atoms with van der Waals surface area (Å²) in [5.74, 6) is -1.71. The molecule has 2 rings (SSSR count). The maximum absolute atomic E-state index is 12.8. The number of benzene rings is 2. The summed E-state index contributed by atoms with van der Waals surface area (Å²) in [4.78, 5) is 22.0. The van der Waals surface area contributed by atoms with Gasteiger partial charge in [0.15, 0.2) is 6.29 Å². The molecule has 2 aromatic carbocycles. The number of hydrogen-bond donors (Lipinski definition) is 1. The number of aldehydes is 1. The first-order chi connectivity index (χ1) is 13.5. The molecule has 156 valence electrons. The number of methoxy groups -OCH3 is 1. The highest BCUT2D eigenvalue weighted by atomic mass is 32.2. The van der Waals surface area contributed by atoms with Gasteiger partial charge in [0.2, 0.25) is 9.84 Å². The quantitative estimate of drug-likeness (QED) is 0.684. The van der Waals surface area contributed by atoms with Gasteiger partial charge in [0, 0.05) is 11.6 Å². The zero-order chi connectivity index (χ0) is 21.8. The van der Waals surface area contributed by atoms with Crippen LogP contribution >= 0.6 is 0 Å². The topological polar surface area (TPSA) is 89.5 Å². The molecule has 0 aliphatic heterocycles. The Morgan fingerprint density at radius 3 is 2.31 bits per heavy atom. The SMILES string of the molecule is COc1ccc(S(=O)(=O)c2ccc(CC(C)NC(=O)C(F)(F)F)cc2)c(C=O)c1. The highest BCUT2D eigenvalue weighted by Gasteiger charge is 2.39. The number of rotatable bonds is 7. The van der Waals surface area contributed by atoms with Crippen LogP contribution in [0, 0.1) is 0 Å². The van der Waals surface area contributed by atoms with Crippen molar-refractivity contribution < 1.29 is 35.9 Å². The predicted octanol–water partition coefficient (Wildman–Crippen LogP) is 2.95. The molecular formula is C19H18F3NO5S. The molecule has 0 saturated heterocycles. The number of carbonyl (C=O) groups excluding carboxylic acids is 2. The van der Waals surface area contributed by atoms with Crippen LogP contribution in [-0.4, -0.2) is 39.9 Å². The molecule has 1 unspecified atom stereocenters. The molecule has 1 N–H and O–H groups in total. The minimum atomic E-state index is -4.97. The lowest BCUT2D eigenvalue weighted by atomic mass is 10.1. The van der Waals surface area contributed by atoms with Gasteiger partial charge >= 0.3 is 12.1 Å². The summed E-state index contributed by atoms with van der Waals surface area (Å²) < 4.78 is 67.5. The number of sulfone groups is 1. The van der Waals surface area contributed by atoms with Crippen molar-refractivity contribution in [2.24, 2.45) is 0 Å². The number of halogens is 3. The molecule has 0 spiro atoms. The van der Waals surface area contributed by atoms with E-state index in [1.807, 2.05) is 5.32 Å². The number of hydrogen-bond acceptors (Lipinski definition) is 5. The fraction of sp³-hybridized carbons (Fsp3) is 0.263. The number of amides is 1. The second kappa shape index (κ2) is 8.64. The number of alkyl halides is 3. The third kappa shape index (κ3) is 5.35. The van der Waals surface area contributed by atoms with Crippen molar-refractivity contribution in [3.63, 3.8) is 0 Å². The molecule has 1 atom stereocenters. The average molecular weight is 429 g/mol. The van der Waals surface area contributed by atoms with E-state index in [9.17, 15) is 31.2 Å². The van der Waals surface area contributed by atoms with Gasteiger partial charge in [-0.25, -0.2) is 8.42 Å². The first-order valence-electron chi connectivity index (χ1n) is 8.34. The zero-order valence-corrected chi connectivity index (χ0v) is 16.3. The average Bonchev–Trinajstić information content (AvgIpc) is 2.66. The van der Waals surface area contributed by atoms with Gasteiger partial charge in [0.05, 0.1) is 16.9 Å². The van der Waals surface area contributed by atoms with E-state index in [0.717, 1.165) is 0 Å². The Balaban J connectivity index is 2.21. The van der Waals surface area contributed by atoms with Gasteiger partial charge < -0.3 is 10.1 Å². The fourth-order valence-electron chi connectivity index (χ4n) is 2.63. The molecule has 0 fully saturated rings. The van der Waals surface area contributed by atoms with Crippen LogP contribution in [-0.2, 0) is 21.1 Å². The summed E-state index contributed by atoms with van der Waals surface area (Å²) >= 11 is 0. The second-order valence-corrected chi connectivity index (χ2v) is 8.16. The summed E-state index contributed by atoms with van der Waals surface area (Å²) in [7, 11) is -2.61. The van der Waals surface area contributed by atoms with Gasteiger partial charge in [0.1, 0.15) is 5.75 Å². The van der Waals surface area contributed by atoms with Crippen molar-refractivity contribution in [3.8, 4) is 5.75 Å². The maximum Gasteiger partial charge on any atom is 0.471 e. The van der Waals surface area contributed by atoms with E-state index in [1.165, 1.54) is 56.5 Å². The third-order valence-electron chi connectivity index (χ3n) is 4.04. The van der Waals surface area contributed by atoms with Crippen LogP contribution in [0.1, 0.15) is 22.8 Å². The summed E-state index contributed by atoms with van der Waals surface area (Å²) in [6.45, 7) is 1.40. The monoisotopic (exact) mass is 429 g/mol. The molecule has 0 aliphatic rings. The Morgan fingerprint density at radius 1 is 1.17 bits per heavy atom. The van der Waals surface area contributed by atoms with Gasteiger partial charge in [-0.1, -0.05) is 12.1 Å². The highest BCUT2D eigenvalue weighted by Crippen LogP contribution is 2.27. The fourth-order valence-corrected chi connectivity index (χ4v) is 4.05. The Hall–Kier alpha value is -2.88. The second-order valence-electron chi connectivity index (χ2n) is 6.25. The molecule has 10 heteroatoms. The van der Waals surface area contributed by atoms with Crippen molar-refractivity contribution in [3.05, 3.63) is 53.6 Å². The Morgan fingerprint density at radius 2 is 1.79 bits per heavy atom. The molecule has 0 aromatic heterocycles. The summed E-state index contributed by atoms with van der Waals surface area (Å²) in [6, 6.07) is 8.64. The molecule has 0 aliphatic carbocycles. The minimum Gasteiger partial charge on any atom is -0.497 e. The number of ether oxygens (including phenoxy) is 1. The highest BCUT2D eigenvalue weighted by molar-refractivity contribution is 7.91. The van der Waals surface area contributed by atoms with Crippen LogP contribution in [0.25, 0.3) is 0 Å². The largest absolute Gasteiger partial charge is 0.497 e. The van der Waals surface area contributed by atoms with E-state index in [1.54, 1.807) is 0 Å². The molecule has 2 aromatic rings. The molecule has 0 heterocycles. The van der Waals surface area contributed by atoms with E-state index in [0.29, 0.717) is 17.6 Å². The number of carbonyl (C=O) groups is 2. The third-order valence-corrected chi connectivity index (χ3v) is 5.89. The predicted molar refractivity (Wildman–Crippen MR) is 97.6 cm³/mol. The van der Waals surface area contributed by atoms with Gasteiger partial charge in [-0.3, -0.25) is 9.59 Å². The summed E-state index contributed by atoms with van der Waals surface area (Å²) in [6.07, 6.45) is -4.49. The molecular weight excluding hydrogens is 411 g/mol. The summed E-state index contributed by atoms with van der Waals surface area (Å²) in [5.41, 5.74) is 0.473. The van der Waals surface area contributed by atoms with Crippen molar-refractivity contribution in [1.29, 1.82) is 0 Å². The first kappa shape index (κ1) is 22.4. The van der Waals surface area contributed by atoms with Gasteiger partial charge in [-0.05, 0) is 49.2 Å². The molecule has 0 radical (unpaired) electrons. The van der Waals surface area contributed by atoms with Gasteiger partial charge in [-0.2, -0.15) is 13.2 Å².